The molecule has 0 amide bonds. The molecule has 2 aromatic rings. The highest BCUT2D eigenvalue weighted by molar-refractivity contribution is 6.30. The van der Waals surface area contributed by atoms with Gasteiger partial charge < -0.3 is 10.1 Å². The van der Waals surface area contributed by atoms with Crippen molar-refractivity contribution in [2.45, 2.75) is 19.5 Å². The highest BCUT2D eigenvalue weighted by atomic mass is 35.5. The van der Waals surface area contributed by atoms with Crippen LogP contribution < -0.4 is 5.32 Å². The van der Waals surface area contributed by atoms with Crippen LogP contribution in [0.25, 0.3) is 0 Å². The molecule has 0 unspecified atom stereocenters. The minimum absolute atomic E-state index is 0.178. The fraction of sp³-hybridized carbons (Fsp3) is 0.368. The van der Waals surface area contributed by atoms with Crippen molar-refractivity contribution >= 4 is 17.4 Å². The van der Waals surface area contributed by atoms with Crippen molar-refractivity contribution in [3.63, 3.8) is 0 Å². The van der Waals surface area contributed by atoms with Crippen molar-refractivity contribution in [3.05, 3.63) is 57.2 Å². The zero-order valence-corrected chi connectivity index (χ0v) is 15.6. The Morgan fingerprint density at radius 1 is 1.30 bits per heavy atom. The first-order chi connectivity index (χ1) is 13.0. The second kappa shape index (κ2) is 8.61. The molecule has 1 aromatic heterocycles. The summed E-state index contributed by atoms with van der Waals surface area (Å²) in [4.78, 5) is 6.39. The van der Waals surface area contributed by atoms with Gasteiger partial charge in [0.05, 0.1) is 12.2 Å². The standard InChI is InChI=1S/C19H19ClF2N4O/c1-27-5-3-24-19-17-11-26(10-12-6-13(21)8-14(22)7-12)4-2-15(17)16(9-23)18(20)25-19/h6-8H,2-5,10-11H2,1H3,(H,24,25). The van der Waals surface area contributed by atoms with Crippen LogP contribution in [0.2, 0.25) is 5.15 Å². The van der Waals surface area contributed by atoms with Gasteiger partial charge in [-0.1, -0.05) is 11.6 Å². The maximum absolute atomic E-state index is 13.5. The number of hydrogen-bond acceptors (Lipinski definition) is 5. The Hall–Kier alpha value is -2.27. The molecule has 1 N–H and O–H groups in total. The van der Waals surface area contributed by atoms with Crippen LogP contribution >= 0.6 is 11.6 Å². The van der Waals surface area contributed by atoms with Crippen LogP contribution in [-0.4, -0.2) is 36.7 Å². The lowest BCUT2D eigenvalue weighted by Gasteiger charge is -2.31. The molecule has 0 saturated carbocycles. The van der Waals surface area contributed by atoms with Crippen molar-refractivity contribution in [2.75, 3.05) is 32.1 Å². The largest absolute Gasteiger partial charge is 0.383 e. The lowest BCUT2D eigenvalue weighted by atomic mass is 9.96. The van der Waals surface area contributed by atoms with E-state index in [2.05, 4.69) is 21.3 Å². The van der Waals surface area contributed by atoms with Crippen LogP contribution in [0.3, 0.4) is 0 Å². The van der Waals surface area contributed by atoms with E-state index in [0.717, 1.165) is 17.2 Å². The highest BCUT2D eigenvalue weighted by Crippen LogP contribution is 2.32. The smallest absolute Gasteiger partial charge is 0.149 e. The molecule has 1 aliphatic heterocycles. The first kappa shape index (κ1) is 19.5. The van der Waals surface area contributed by atoms with Gasteiger partial charge in [-0.25, -0.2) is 13.8 Å². The quantitative estimate of drug-likeness (QED) is 0.602. The number of ether oxygens (including phenoxy) is 1. The lowest BCUT2D eigenvalue weighted by Crippen LogP contribution is -2.32. The number of nitrogens with one attached hydrogen (secondary N) is 1. The molecule has 0 bridgehead atoms. The third-order valence-corrected chi connectivity index (χ3v) is 4.74. The number of aromatic nitrogens is 1. The lowest BCUT2D eigenvalue weighted by molar-refractivity contribution is 0.210. The first-order valence-electron chi connectivity index (χ1n) is 8.53. The summed E-state index contributed by atoms with van der Waals surface area (Å²) in [6.07, 6.45) is 0.608. The molecule has 0 spiro atoms. The Morgan fingerprint density at radius 2 is 2.04 bits per heavy atom. The molecular formula is C19H19ClF2N4O. The van der Waals surface area contributed by atoms with Crippen molar-refractivity contribution in [3.8, 4) is 6.07 Å². The summed E-state index contributed by atoms with van der Waals surface area (Å²) < 4.78 is 32.0. The average Bonchev–Trinajstić information content (AvgIpc) is 2.61. The van der Waals surface area contributed by atoms with Gasteiger partial charge in [-0.3, -0.25) is 4.90 Å². The summed E-state index contributed by atoms with van der Waals surface area (Å²) in [7, 11) is 1.61. The Kier molecular flexibility index (Phi) is 6.22. The summed E-state index contributed by atoms with van der Waals surface area (Å²) in [6, 6.07) is 5.65. The van der Waals surface area contributed by atoms with Gasteiger partial charge in [0.1, 0.15) is 28.7 Å². The zero-order valence-electron chi connectivity index (χ0n) is 14.9. The second-order valence-electron chi connectivity index (χ2n) is 6.35. The van der Waals surface area contributed by atoms with Gasteiger partial charge in [0.25, 0.3) is 0 Å². The van der Waals surface area contributed by atoms with Gasteiger partial charge in [-0.05, 0) is 29.7 Å². The Labute approximate surface area is 161 Å². The molecule has 0 aliphatic carbocycles. The Bertz CT molecular complexity index is 865. The van der Waals surface area contributed by atoms with Crippen LogP contribution in [0.5, 0.6) is 0 Å². The van der Waals surface area contributed by atoms with Gasteiger partial charge in [-0.15, -0.1) is 0 Å². The molecule has 1 aliphatic rings. The average molecular weight is 393 g/mol. The predicted octanol–water partition coefficient (Wildman–Crippen LogP) is 3.50. The third kappa shape index (κ3) is 4.53. The van der Waals surface area contributed by atoms with E-state index in [-0.39, 0.29) is 5.15 Å². The summed E-state index contributed by atoms with van der Waals surface area (Å²) in [5, 5.41) is 12.8. The van der Waals surface area contributed by atoms with Gasteiger partial charge >= 0.3 is 0 Å². The molecule has 0 fully saturated rings. The summed E-state index contributed by atoms with van der Waals surface area (Å²) in [5.74, 6) is -0.574. The fourth-order valence-corrected chi connectivity index (χ4v) is 3.53. The SMILES string of the molecule is COCCNc1nc(Cl)c(C#N)c2c1CN(Cc1cc(F)cc(F)c1)CC2. The number of pyridine rings is 1. The van der Waals surface area contributed by atoms with E-state index in [1.165, 1.54) is 12.1 Å². The molecule has 3 rings (SSSR count). The minimum Gasteiger partial charge on any atom is -0.383 e. The monoisotopic (exact) mass is 392 g/mol. The fourth-order valence-electron chi connectivity index (χ4n) is 3.29. The van der Waals surface area contributed by atoms with E-state index < -0.39 is 11.6 Å². The maximum atomic E-state index is 13.5. The molecule has 1 aromatic carbocycles. The molecule has 8 heteroatoms. The topological polar surface area (TPSA) is 61.2 Å². The van der Waals surface area contributed by atoms with Crippen LogP contribution in [0, 0.1) is 23.0 Å². The van der Waals surface area contributed by atoms with Crippen molar-refractivity contribution in [1.29, 1.82) is 5.26 Å². The normalized spacial score (nSPS) is 13.9. The van der Waals surface area contributed by atoms with Crippen LogP contribution in [0.1, 0.15) is 22.3 Å². The molecule has 27 heavy (non-hydrogen) atoms. The van der Waals surface area contributed by atoms with Crippen molar-refractivity contribution < 1.29 is 13.5 Å². The van der Waals surface area contributed by atoms with Gasteiger partial charge in [-0.2, -0.15) is 5.26 Å². The maximum Gasteiger partial charge on any atom is 0.149 e. The molecule has 0 saturated heterocycles. The molecule has 142 valence electrons. The van der Waals surface area contributed by atoms with Crippen LogP contribution in [0.4, 0.5) is 14.6 Å². The third-order valence-electron chi connectivity index (χ3n) is 4.47. The Balaban J connectivity index is 1.87. The number of nitrogens with zero attached hydrogens (tertiary/aromatic N) is 3. The summed E-state index contributed by atoms with van der Waals surface area (Å²) in [6.45, 7) is 2.60. The highest BCUT2D eigenvalue weighted by Gasteiger charge is 2.25. The second-order valence-corrected chi connectivity index (χ2v) is 6.71. The van der Waals surface area contributed by atoms with Crippen LogP contribution in [-0.2, 0) is 24.2 Å². The number of halogens is 3. The molecular weight excluding hydrogens is 374 g/mol. The van der Waals surface area contributed by atoms with Gasteiger partial charge in [0.15, 0.2) is 0 Å². The van der Waals surface area contributed by atoms with E-state index in [4.69, 9.17) is 16.3 Å². The van der Waals surface area contributed by atoms with Crippen molar-refractivity contribution in [2.24, 2.45) is 0 Å². The molecule has 0 radical (unpaired) electrons. The minimum atomic E-state index is -0.593. The number of methoxy groups -OCH3 is 1. The summed E-state index contributed by atoms with van der Waals surface area (Å²) >= 11 is 6.18. The van der Waals surface area contributed by atoms with Crippen molar-refractivity contribution in [1.82, 2.24) is 9.88 Å². The van der Waals surface area contributed by atoms with Crippen LogP contribution in [0.15, 0.2) is 18.2 Å². The number of benzene rings is 1. The molecule has 0 atom stereocenters. The van der Waals surface area contributed by atoms with Gasteiger partial charge in [0, 0.05) is 44.9 Å². The van der Waals surface area contributed by atoms with E-state index in [9.17, 15) is 14.0 Å². The summed E-state index contributed by atoms with van der Waals surface area (Å²) in [5.41, 5.74) is 2.71. The van der Waals surface area contributed by atoms with E-state index in [1.807, 2.05) is 0 Å². The predicted molar refractivity (Wildman–Crippen MR) is 98.5 cm³/mol. The first-order valence-corrected chi connectivity index (χ1v) is 8.91. The molecule has 5 nitrogen and oxygen atoms in total. The number of anilines is 1. The van der Waals surface area contributed by atoms with Gasteiger partial charge in [0.2, 0.25) is 0 Å². The number of fused-ring (bicyclic) bond motifs is 1. The number of nitriles is 1. The number of hydrogen-bond donors (Lipinski definition) is 1. The van der Waals surface area contributed by atoms with E-state index in [1.54, 1.807) is 7.11 Å². The number of rotatable bonds is 6. The molecule has 2 heterocycles. The Morgan fingerprint density at radius 3 is 2.70 bits per heavy atom. The van der Waals surface area contributed by atoms with E-state index >= 15 is 0 Å². The zero-order chi connectivity index (χ0) is 19.4. The van der Waals surface area contributed by atoms with E-state index in [0.29, 0.717) is 56.2 Å².